The number of nitrogens with one attached hydrogen (secondary N) is 2. The molecule has 0 radical (unpaired) electrons. The fourth-order valence-corrected chi connectivity index (χ4v) is 6.87. The van der Waals surface area contributed by atoms with E-state index < -0.39 is 27.8 Å². The molecule has 0 bridgehead atoms. The van der Waals surface area contributed by atoms with Crippen LogP contribution in [-0.2, 0) is 21.6 Å². The van der Waals surface area contributed by atoms with Crippen LogP contribution in [0.5, 0.6) is 0 Å². The topological polar surface area (TPSA) is 108 Å². The lowest BCUT2D eigenvalue weighted by Crippen LogP contribution is -2.51. The van der Waals surface area contributed by atoms with Gasteiger partial charge in [-0.2, -0.15) is 5.10 Å². The molecule has 2 amide bonds. The fraction of sp³-hybridized carbons (Fsp3) is 0.542. The average Bonchev–Trinajstić information content (AvgIpc) is 3.22. The number of hydrogen-bond donors (Lipinski definition) is 3. The second-order valence-electron chi connectivity index (χ2n) is 10.2. The maximum absolute atomic E-state index is 13.3. The molecule has 1 atom stereocenters. The van der Waals surface area contributed by atoms with Crippen molar-refractivity contribution >= 4 is 27.8 Å². The monoisotopic (exact) mass is 474 g/mol. The van der Waals surface area contributed by atoms with E-state index in [0.717, 1.165) is 30.5 Å². The fourth-order valence-electron chi connectivity index (χ4n) is 4.75. The minimum absolute atomic E-state index is 0.0235. The molecule has 9 heteroatoms. The van der Waals surface area contributed by atoms with Crippen LogP contribution in [0.3, 0.4) is 0 Å². The molecule has 1 aromatic carbocycles. The van der Waals surface area contributed by atoms with Crippen LogP contribution < -0.4 is 5.32 Å². The standard InChI is InChI=1S/C24H34N4O4S/c1-23(2)19-17(14-28(23)22(31)32-15-18(29)16-10-7-6-8-11-16)20(27-26-19)25-21(30)24(12-9-13-24)33(3,4)5/h6-8,10-11,18,29H,9,12-15H2,1-5H3,(H2,25,26,27,30). The van der Waals surface area contributed by atoms with Crippen molar-refractivity contribution in [3.8, 4) is 0 Å². The Balaban J connectivity index is 1.45. The number of rotatable bonds is 6. The van der Waals surface area contributed by atoms with Gasteiger partial charge in [0.1, 0.15) is 12.7 Å². The molecule has 1 aromatic heterocycles. The van der Waals surface area contributed by atoms with Gasteiger partial charge in [0.05, 0.1) is 22.5 Å². The molecule has 1 unspecified atom stereocenters. The van der Waals surface area contributed by atoms with Gasteiger partial charge in [-0.3, -0.25) is 14.8 Å². The number of aromatic nitrogens is 2. The van der Waals surface area contributed by atoms with Crippen LogP contribution in [-0.4, -0.2) is 62.3 Å². The summed E-state index contributed by atoms with van der Waals surface area (Å²) in [5.41, 5.74) is 1.58. The number of H-pyrrole nitrogens is 1. The molecule has 1 saturated carbocycles. The number of aliphatic hydroxyl groups excluding tert-OH is 1. The van der Waals surface area contributed by atoms with E-state index in [1.165, 1.54) is 0 Å². The second-order valence-corrected chi connectivity index (χ2v) is 14.7. The van der Waals surface area contributed by atoms with Crippen LogP contribution in [0.2, 0.25) is 0 Å². The van der Waals surface area contributed by atoms with Crippen LogP contribution in [0, 0.1) is 0 Å². The maximum Gasteiger partial charge on any atom is 0.410 e. The van der Waals surface area contributed by atoms with Gasteiger partial charge >= 0.3 is 6.09 Å². The summed E-state index contributed by atoms with van der Waals surface area (Å²) in [6.45, 7) is 3.95. The first-order valence-electron chi connectivity index (χ1n) is 11.2. The number of hydrogen-bond acceptors (Lipinski definition) is 5. The summed E-state index contributed by atoms with van der Waals surface area (Å²) in [4.78, 5) is 27.8. The van der Waals surface area contributed by atoms with Crippen LogP contribution in [0.15, 0.2) is 30.3 Å². The predicted octanol–water partition coefficient (Wildman–Crippen LogP) is 3.89. The van der Waals surface area contributed by atoms with Gasteiger partial charge in [0, 0.05) is 5.56 Å². The highest BCUT2D eigenvalue weighted by Gasteiger charge is 2.51. The van der Waals surface area contributed by atoms with E-state index in [2.05, 4.69) is 34.3 Å². The first-order chi connectivity index (χ1) is 15.5. The summed E-state index contributed by atoms with van der Waals surface area (Å²) in [6, 6.07) is 9.10. The van der Waals surface area contributed by atoms with Crippen molar-refractivity contribution in [1.82, 2.24) is 15.1 Å². The summed E-state index contributed by atoms with van der Waals surface area (Å²) in [6.07, 6.45) is 8.01. The van der Waals surface area contributed by atoms with Gasteiger partial charge in [-0.25, -0.2) is 14.8 Å². The summed E-state index contributed by atoms with van der Waals surface area (Å²) < 4.78 is 5.12. The van der Waals surface area contributed by atoms with Crippen LogP contribution in [0.25, 0.3) is 0 Å². The highest BCUT2D eigenvalue weighted by molar-refractivity contribution is 8.33. The van der Waals surface area contributed by atoms with Gasteiger partial charge in [-0.1, -0.05) is 30.3 Å². The van der Waals surface area contributed by atoms with Gasteiger partial charge in [-0.15, -0.1) is 0 Å². The van der Waals surface area contributed by atoms with Gasteiger partial charge in [0.15, 0.2) is 5.82 Å². The lowest BCUT2D eigenvalue weighted by atomic mass is 9.83. The summed E-state index contributed by atoms with van der Waals surface area (Å²) in [7, 11) is -1.09. The zero-order valence-corrected chi connectivity index (χ0v) is 20.8. The zero-order chi connectivity index (χ0) is 24.0. The molecule has 8 nitrogen and oxygen atoms in total. The smallest absolute Gasteiger partial charge is 0.410 e. The highest BCUT2D eigenvalue weighted by atomic mass is 32.3. The molecule has 3 N–H and O–H groups in total. The van der Waals surface area contributed by atoms with Crippen molar-refractivity contribution in [3.05, 3.63) is 47.2 Å². The van der Waals surface area contributed by atoms with Crippen molar-refractivity contribution in [2.75, 3.05) is 30.7 Å². The third-order valence-corrected chi connectivity index (χ3v) is 10.2. The number of ether oxygens (including phenoxy) is 1. The first-order valence-corrected chi connectivity index (χ1v) is 14.1. The summed E-state index contributed by atoms with van der Waals surface area (Å²) >= 11 is 0. The van der Waals surface area contributed by atoms with Crippen molar-refractivity contribution in [2.45, 2.75) is 56.0 Å². The molecular formula is C24H34N4O4S. The third-order valence-electron chi connectivity index (χ3n) is 7.22. The number of amides is 2. The Morgan fingerprint density at radius 2 is 1.91 bits per heavy atom. The summed E-state index contributed by atoms with van der Waals surface area (Å²) in [5, 5.41) is 20.8. The number of carbonyl (C=O) groups excluding carboxylic acids is 2. The summed E-state index contributed by atoms with van der Waals surface area (Å²) in [5.74, 6) is 0.507. The molecular weight excluding hydrogens is 440 g/mol. The first kappa shape index (κ1) is 23.6. The van der Waals surface area contributed by atoms with Crippen LogP contribution in [0.4, 0.5) is 10.6 Å². The lowest BCUT2D eigenvalue weighted by molar-refractivity contribution is -0.120. The SMILES string of the molecule is CC1(C)c2[nH]nc(NC(=O)C3(S(C)(C)C)CCC3)c2CN1C(=O)OCC(O)c1ccccc1. The van der Waals surface area contributed by atoms with Crippen LogP contribution in [0.1, 0.15) is 56.0 Å². The molecule has 2 heterocycles. The highest BCUT2D eigenvalue weighted by Crippen LogP contribution is 2.60. The van der Waals surface area contributed by atoms with E-state index >= 15 is 0 Å². The number of carbonyl (C=O) groups is 2. The average molecular weight is 475 g/mol. The molecule has 2 aliphatic rings. The van der Waals surface area contributed by atoms with Crippen molar-refractivity contribution in [3.63, 3.8) is 0 Å². The van der Waals surface area contributed by atoms with E-state index in [-0.39, 0.29) is 23.8 Å². The normalized spacial score (nSPS) is 19.9. The zero-order valence-electron chi connectivity index (χ0n) is 20.0. The molecule has 1 fully saturated rings. The molecule has 0 saturated heterocycles. The van der Waals surface area contributed by atoms with E-state index in [9.17, 15) is 14.7 Å². The lowest BCUT2D eigenvalue weighted by Gasteiger charge is -2.53. The second kappa shape index (κ2) is 8.36. The Bertz CT molecular complexity index is 1040. The predicted molar refractivity (Wildman–Crippen MR) is 130 cm³/mol. The molecule has 1 aliphatic heterocycles. The van der Waals surface area contributed by atoms with Gasteiger partial charge in [0.2, 0.25) is 5.91 Å². The van der Waals surface area contributed by atoms with E-state index in [1.807, 2.05) is 32.0 Å². The number of fused-ring (bicyclic) bond motifs is 1. The van der Waals surface area contributed by atoms with E-state index in [1.54, 1.807) is 17.0 Å². The molecule has 2 aromatic rings. The Kier molecular flexibility index (Phi) is 5.99. The Hall–Kier alpha value is -2.52. The molecule has 180 valence electrons. The number of benzene rings is 1. The number of nitrogens with zero attached hydrogens (tertiary/aromatic N) is 2. The Labute approximate surface area is 196 Å². The molecule has 33 heavy (non-hydrogen) atoms. The van der Waals surface area contributed by atoms with Crippen molar-refractivity contribution < 1.29 is 19.4 Å². The van der Waals surface area contributed by atoms with Gasteiger partial charge in [0.25, 0.3) is 0 Å². The van der Waals surface area contributed by atoms with Gasteiger partial charge < -0.3 is 15.2 Å². The number of aromatic amines is 1. The molecule has 0 spiro atoms. The molecule has 4 rings (SSSR count). The van der Waals surface area contributed by atoms with Crippen LogP contribution >= 0.6 is 10.0 Å². The molecule has 1 aliphatic carbocycles. The van der Waals surface area contributed by atoms with Crippen molar-refractivity contribution in [1.29, 1.82) is 0 Å². The quantitative estimate of drug-likeness (QED) is 0.589. The minimum Gasteiger partial charge on any atom is -0.446 e. The van der Waals surface area contributed by atoms with Crippen molar-refractivity contribution in [2.24, 2.45) is 0 Å². The Morgan fingerprint density at radius 3 is 2.48 bits per heavy atom. The third kappa shape index (κ3) is 4.01. The van der Waals surface area contributed by atoms with Gasteiger partial charge in [-0.05, 0) is 57.4 Å². The van der Waals surface area contributed by atoms with E-state index in [0.29, 0.717) is 11.4 Å². The Morgan fingerprint density at radius 1 is 1.24 bits per heavy atom. The van der Waals surface area contributed by atoms with E-state index in [4.69, 9.17) is 4.74 Å². The maximum atomic E-state index is 13.3. The number of anilines is 1. The number of aliphatic hydroxyl groups is 1. The largest absolute Gasteiger partial charge is 0.446 e. The minimum atomic E-state index is -1.09.